The summed E-state index contributed by atoms with van der Waals surface area (Å²) in [4.78, 5) is 0. The summed E-state index contributed by atoms with van der Waals surface area (Å²) in [5.74, 6) is 4.48. The Labute approximate surface area is 110 Å². The summed E-state index contributed by atoms with van der Waals surface area (Å²) in [7, 11) is 0. The fourth-order valence-corrected chi connectivity index (χ4v) is 5.00. The lowest BCUT2D eigenvalue weighted by atomic mass is 9.50. The molecule has 0 radical (unpaired) electrons. The maximum atomic E-state index is 2.53. The molecule has 4 atom stereocenters. The highest BCUT2D eigenvalue weighted by Crippen LogP contribution is 2.56. The molecule has 0 bridgehead atoms. The van der Waals surface area contributed by atoms with Crippen LogP contribution in [-0.4, -0.2) is 0 Å². The number of rotatable bonds is 4. The van der Waals surface area contributed by atoms with E-state index in [-0.39, 0.29) is 0 Å². The van der Waals surface area contributed by atoms with Crippen molar-refractivity contribution in [3.8, 4) is 0 Å². The Morgan fingerprint density at radius 1 is 1.06 bits per heavy atom. The first-order valence-electron chi connectivity index (χ1n) is 7.90. The largest absolute Gasteiger partial charge is 0.0651 e. The van der Waals surface area contributed by atoms with Crippen molar-refractivity contribution in [2.45, 2.75) is 74.1 Å². The Balaban J connectivity index is 3.06. The van der Waals surface area contributed by atoms with Crippen LogP contribution in [0.2, 0.25) is 0 Å². The van der Waals surface area contributed by atoms with Crippen LogP contribution in [0.25, 0.3) is 0 Å². The Bertz CT molecular complexity index is 228. The molecule has 1 saturated carbocycles. The molecule has 0 spiro atoms. The first-order valence-corrected chi connectivity index (χ1v) is 7.90. The van der Waals surface area contributed by atoms with Gasteiger partial charge in [0.1, 0.15) is 0 Å². The summed E-state index contributed by atoms with van der Waals surface area (Å²) in [6, 6.07) is 0. The Morgan fingerprint density at radius 2 is 1.65 bits per heavy atom. The third-order valence-electron chi connectivity index (χ3n) is 5.95. The average Bonchev–Trinajstić information content (AvgIpc) is 2.27. The Kier molecular flexibility index (Phi) is 5.10. The zero-order valence-electron chi connectivity index (χ0n) is 13.2. The first-order chi connectivity index (χ1) is 7.90. The van der Waals surface area contributed by atoms with E-state index in [4.69, 9.17) is 0 Å². The third kappa shape index (κ3) is 2.56. The molecule has 0 aromatic carbocycles. The second-order valence-corrected chi connectivity index (χ2v) is 7.12. The molecule has 1 fully saturated rings. The van der Waals surface area contributed by atoms with Crippen molar-refractivity contribution in [3.05, 3.63) is 0 Å². The van der Waals surface area contributed by atoms with Gasteiger partial charge in [-0.2, -0.15) is 0 Å². The maximum Gasteiger partial charge on any atom is -0.0220 e. The quantitative estimate of drug-likeness (QED) is 0.583. The molecule has 0 heterocycles. The number of hydrogen-bond donors (Lipinski definition) is 0. The average molecular weight is 238 g/mol. The molecule has 0 aromatic heterocycles. The lowest BCUT2D eigenvalue weighted by Crippen LogP contribution is -2.48. The van der Waals surface area contributed by atoms with Gasteiger partial charge in [0.15, 0.2) is 0 Å². The monoisotopic (exact) mass is 238 g/mol. The van der Waals surface area contributed by atoms with Crippen LogP contribution in [0.1, 0.15) is 74.1 Å². The summed E-state index contributed by atoms with van der Waals surface area (Å²) >= 11 is 0. The molecule has 0 amide bonds. The van der Waals surface area contributed by atoms with Gasteiger partial charge in [0.2, 0.25) is 0 Å². The first kappa shape index (κ1) is 15.1. The van der Waals surface area contributed by atoms with E-state index in [9.17, 15) is 0 Å². The third-order valence-corrected chi connectivity index (χ3v) is 5.95. The van der Waals surface area contributed by atoms with Crippen molar-refractivity contribution in [1.29, 1.82) is 0 Å². The highest BCUT2D eigenvalue weighted by atomic mass is 14.5. The maximum absolute atomic E-state index is 2.53. The van der Waals surface area contributed by atoms with Gasteiger partial charge in [0.25, 0.3) is 0 Å². The van der Waals surface area contributed by atoms with Crippen LogP contribution in [0, 0.1) is 35.0 Å². The predicted molar refractivity (Wildman–Crippen MR) is 78.1 cm³/mol. The highest BCUT2D eigenvalue weighted by Gasteiger charge is 2.49. The molecular formula is C17H34. The van der Waals surface area contributed by atoms with Crippen LogP contribution in [0.4, 0.5) is 0 Å². The molecule has 0 aliphatic heterocycles. The van der Waals surface area contributed by atoms with Crippen molar-refractivity contribution in [2.75, 3.05) is 0 Å². The van der Waals surface area contributed by atoms with E-state index < -0.39 is 0 Å². The molecule has 1 aliphatic carbocycles. The van der Waals surface area contributed by atoms with Gasteiger partial charge < -0.3 is 0 Å². The lowest BCUT2D eigenvalue weighted by Gasteiger charge is -2.55. The summed E-state index contributed by atoms with van der Waals surface area (Å²) < 4.78 is 0. The van der Waals surface area contributed by atoms with Crippen molar-refractivity contribution in [3.63, 3.8) is 0 Å². The van der Waals surface area contributed by atoms with E-state index in [1.807, 2.05) is 0 Å². The smallest absolute Gasteiger partial charge is 0.0220 e. The van der Waals surface area contributed by atoms with Crippen LogP contribution in [-0.2, 0) is 0 Å². The molecule has 102 valence electrons. The van der Waals surface area contributed by atoms with Crippen molar-refractivity contribution in [2.24, 2.45) is 35.0 Å². The number of hydrogen-bond acceptors (Lipinski definition) is 0. The molecule has 4 unspecified atom stereocenters. The van der Waals surface area contributed by atoms with E-state index in [0.717, 1.165) is 29.6 Å². The van der Waals surface area contributed by atoms with E-state index >= 15 is 0 Å². The van der Waals surface area contributed by atoms with Gasteiger partial charge in [0, 0.05) is 0 Å². The van der Waals surface area contributed by atoms with Gasteiger partial charge in [-0.15, -0.1) is 0 Å². The molecule has 0 heteroatoms. The second-order valence-electron chi connectivity index (χ2n) is 7.12. The van der Waals surface area contributed by atoms with Crippen LogP contribution in [0.3, 0.4) is 0 Å². The predicted octanol–water partition coefficient (Wildman–Crippen LogP) is 5.77. The Hall–Kier alpha value is 0. The molecule has 0 saturated heterocycles. The molecule has 0 N–H and O–H groups in total. The minimum Gasteiger partial charge on any atom is -0.0651 e. The highest BCUT2D eigenvalue weighted by molar-refractivity contribution is 4.98. The van der Waals surface area contributed by atoms with Gasteiger partial charge in [-0.05, 0) is 54.3 Å². The van der Waals surface area contributed by atoms with Crippen molar-refractivity contribution < 1.29 is 0 Å². The van der Waals surface area contributed by atoms with Crippen molar-refractivity contribution >= 4 is 0 Å². The molecule has 1 rings (SSSR count). The van der Waals surface area contributed by atoms with E-state index in [1.165, 1.54) is 25.7 Å². The topological polar surface area (TPSA) is 0 Å². The molecule has 1 aliphatic rings. The lowest BCUT2D eigenvalue weighted by molar-refractivity contribution is -0.0623. The van der Waals surface area contributed by atoms with E-state index in [2.05, 4.69) is 48.5 Å². The van der Waals surface area contributed by atoms with E-state index in [1.54, 1.807) is 0 Å². The fourth-order valence-electron chi connectivity index (χ4n) is 5.00. The van der Waals surface area contributed by atoms with Gasteiger partial charge in [-0.25, -0.2) is 0 Å². The molecule has 0 nitrogen and oxygen atoms in total. The molecule has 0 aromatic rings. The summed E-state index contributed by atoms with van der Waals surface area (Å²) in [6.07, 6.45) is 5.69. The van der Waals surface area contributed by atoms with Gasteiger partial charge in [-0.3, -0.25) is 0 Å². The van der Waals surface area contributed by atoms with Crippen LogP contribution >= 0.6 is 0 Å². The zero-order chi connectivity index (χ0) is 13.2. The Morgan fingerprint density at radius 3 is 2.00 bits per heavy atom. The normalized spacial score (nSPS) is 39.0. The van der Waals surface area contributed by atoms with E-state index in [0.29, 0.717) is 5.41 Å². The minimum absolute atomic E-state index is 0.597. The summed E-state index contributed by atoms with van der Waals surface area (Å²) in [5.41, 5.74) is 0.597. The van der Waals surface area contributed by atoms with Gasteiger partial charge in [0.05, 0.1) is 0 Å². The van der Waals surface area contributed by atoms with Crippen LogP contribution in [0.5, 0.6) is 0 Å². The van der Waals surface area contributed by atoms with Crippen molar-refractivity contribution in [1.82, 2.24) is 0 Å². The van der Waals surface area contributed by atoms with Gasteiger partial charge in [-0.1, -0.05) is 54.9 Å². The zero-order valence-corrected chi connectivity index (χ0v) is 13.2. The summed E-state index contributed by atoms with van der Waals surface area (Å²) in [6.45, 7) is 17.1. The summed E-state index contributed by atoms with van der Waals surface area (Å²) in [5, 5.41) is 0. The second kappa shape index (κ2) is 5.76. The SMILES string of the molecule is CCC1CC(C)C(CC)(C(C)C)C(C(C)C)C1. The standard InChI is InChI=1S/C17H34/c1-8-15-10-14(7)17(9-2,13(5)6)16(11-15)12(3)4/h12-16H,8-11H2,1-7H3. The van der Waals surface area contributed by atoms with Gasteiger partial charge >= 0.3 is 0 Å². The van der Waals surface area contributed by atoms with Crippen LogP contribution < -0.4 is 0 Å². The fraction of sp³-hybridized carbons (Fsp3) is 1.00. The molecular weight excluding hydrogens is 204 g/mol. The minimum atomic E-state index is 0.597. The molecule has 17 heavy (non-hydrogen) atoms. The van der Waals surface area contributed by atoms with Crippen LogP contribution in [0.15, 0.2) is 0 Å².